The quantitative estimate of drug-likeness (QED) is 0.391. The molecular formula is C27H27BrN2O6. The van der Waals surface area contributed by atoms with E-state index in [2.05, 4.69) is 21.2 Å². The highest BCUT2D eigenvalue weighted by atomic mass is 79.9. The Hall–Kier alpha value is -3.43. The number of rotatable bonds is 8. The maximum atomic E-state index is 13.4. The van der Waals surface area contributed by atoms with Crippen LogP contribution in [0.5, 0.6) is 5.75 Å². The van der Waals surface area contributed by atoms with Crippen LogP contribution in [0.25, 0.3) is 6.08 Å². The molecule has 9 heteroatoms. The van der Waals surface area contributed by atoms with Crippen molar-refractivity contribution >= 4 is 45.5 Å². The van der Waals surface area contributed by atoms with Crippen LogP contribution in [0.2, 0.25) is 0 Å². The van der Waals surface area contributed by atoms with Crippen LogP contribution in [0, 0.1) is 0 Å². The van der Waals surface area contributed by atoms with E-state index >= 15 is 0 Å². The Labute approximate surface area is 218 Å². The predicted molar refractivity (Wildman–Crippen MR) is 138 cm³/mol. The van der Waals surface area contributed by atoms with Crippen LogP contribution in [-0.2, 0) is 23.9 Å². The van der Waals surface area contributed by atoms with Crippen molar-refractivity contribution in [3.63, 3.8) is 0 Å². The molecule has 4 rings (SSSR count). The minimum atomic E-state index is -0.583. The molecule has 1 saturated heterocycles. The average molecular weight is 555 g/mol. The number of hydrogen-bond donors (Lipinski definition) is 1. The summed E-state index contributed by atoms with van der Waals surface area (Å²) in [5.41, 5.74) is 2.29. The third-order valence-corrected chi connectivity index (χ3v) is 6.51. The number of benzene rings is 2. The number of ether oxygens (including phenoxy) is 3. The summed E-state index contributed by atoms with van der Waals surface area (Å²) in [5.74, 6) is -0.609. The van der Waals surface area contributed by atoms with Gasteiger partial charge in [-0.1, -0.05) is 28.1 Å². The molecule has 1 fully saturated rings. The van der Waals surface area contributed by atoms with Crippen molar-refractivity contribution in [2.45, 2.75) is 25.9 Å². The van der Waals surface area contributed by atoms with Crippen molar-refractivity contribution in [1.29, 1.82) is 0 Å². The third-order valence-electron chi connectivity index (χ3n) is 5.99. The SMILES string of the molecule is COC(=O)C1=C(C)N(c2ccc(Br)cc2)C(=O)/C1=C\c1ccc(OCC(=O)NC[C@H]2CCCO2)cc1. The number of nitrogens with zero attached hydrogens (tertiary/aromatic N) is 1. The Balaban J connectivity index is 1.46. The normalized spacial score (nSPS) is 18.6. The van der Waals surface area contributed by atoms with E-state index in [9.17, 15) is 14.4 Å². The molecule has 36 heavy (non-hydrogen) atoms. The fourth-order valence-corrected chi connectivity index (χ4v) is 4.41. The van der Waals surface area contributed by atoms with Gasteiger partial charge in [-0.3, -0.25) is 14.5 Å². The average Bonchev–Trinajstić information content (AvgIpc) is 3.49. The second-order valence-electron chi connectivity index (χ2n) is 8.42. The smallest absolute Gasteiger partial charge is 0.340 e. The minimum absolute atomic E-state index is 0.0758. The summed E-state index contributed by atoms with van der Waals surface area (Å²) in [5, 5.41) is 2.81. The number of carbonyl (C=O) groups is 3. The summed E-state index contributed by atoms with van der Waals surface area (Å²) in [6.45, 7) is 2.83. The lowest BCUT2D eigenvalue weighted by molar-refractivity contribution is -0.136. The first kappa shape index (κ1) is 25.7. The maximum Gasteiger partial charge on any atom is 0.340 e. The number of carbonyl (C=O) groups excluding carboxylic acids is 3. The highest BCUT2D eigenvalue weighted by Crippen LogP contribution is 2.36. The Morgan fingerprint density at radius 1 is 1.17 bits per heavy atom. The van der Waals surface area contributed by atoms with Gasteiger partial charge in [0.15, 0.2) is 6.61 Å². The number of amides is 2. The standard InChI is InChI=1S/C27H27BrN2O6/c1-17-25(27(33)34-2)23(26(32)30(17)20-9-7-19(28)8-10-20)14-18-5-11-21(12-6-18)36-16-24(31)29-15-22-4-3-13-35-22/h5-12,14,22H,3-4,13,15-16H2,1-2H3,(H,29,31)/b23-14-/t22-/m1/s1. The fourth-order valence-electron chi connectivity index (χ4n) is 4.14. The first-order valence-electron chi connectivity index (χ1n) is 11.6. The number of nitrogens with one attached hydrogen (secondary N) is 1. The predicted octanol–water partition coefficient (Wildman–Crippen LogP) is 4.00. The van der Waals surface area contributed by atoms with E-state index in [1.807, 2.05) is 12.1 Å². The molecule has 0 unspecified atom stereocenters. The van der Waals surface area contributed by atoms with Crippen LogP contribution < -0.4 is 15.0 Å². The molecule has 2 aromatic carbocycles. The van der Waals surface area contributed by atoms with Crippen molar-refractivity contribution in [1.82, 2.24) is 5.32 Å². The van der Waals surface area contributed by atoms with Crippen molar-refractivity contribution in [3.8, 4) is 5.75 Å². The first-order valence-corrected chi connectivity index (χ1v) is 12.4. The van der Waals surface area contributed by atoms with Gasteiger partial charge in [-0.15, -0.1) is 0 Å². The minimum Gasteiger partial charge on any atom is -0.484 e. The molecule has 0 aliphatic carbocycles. The van der Waals surface area contributed by atoms with Gasteiger partial charge in [0.2, 0.25) is 0 Å². The van der Waals surface area contributed by atoms with E-state index in [4.69, 9.17) is 14.2 Å². The number of hydrogen-bond acceptors (Lipinski definition) is 6. The summed E-state index contributed by atoms with van der Waals surface area (Å²) in [4.78, 5) is 39.5. The molecule has 0 bridgehead atoms. The molecule has 2 amide bonds. The van der Waals surface area contributed by atoms with Gasteiger partial charge in [0, 0.05) is 29.0 Å². The van der Waals surface area contributed by atoms with E-state index in [1.165, 1.54) is 12.0 Å². The van der Waals surface area contributed by atoms with Crippen molar-refractivity contribution < 1.29 is 28.6 Å². The van der Waals surface area contributed by atoms with Gasteiger partial charge in [-0.05, 0) is 67.8 Å². The van der Waals surface area contributed by atoms with Gasteiger partial charge < -0.3 is 19.5 Å². The Bertz CT molecular complexity index is 1200. The zero-order valence-electron chi connectivity index (χ0n) is 20.1. The van der Waals surface area contributed by atoms with Crippen molar-refractivity contribution in [2.24, 2.45) is 0 Å². The number of allylic oxidation sites excluding steroid dienone is 1. The summed E-state index contributed by atoms with van der Waals surface area (Å²) in [7, 11) is 1.29. The zero-order chi connectivity index (χ0) is 25.7. The molecule has 0 aromatic heterocycles. The van der Waals surface area contributed by atoms with Crippen LogP contribution in [0.15, 0.2) is 69.8 Å². The fraction of sp³-hybridized carbons (Fsp3) is 0.296. The first-order chi connectivity index (χ1) is 17.4. The van der Waals surface area contributed by atoms with Crippen LogP contribution >= 0.6 is 15.9 Å². The monoisotopic (exact) mass is 554 g/mol. The van der Waals surface area contributed by atoms with E-state index in [0.717, 1.165) is 23.9 Å². The second-order valence-corrected chi connectivity index (χ2v) is 9.34. The maximum absolute atomic E-state index is 13.4. The number of esters is 1. The lowest BCUT2D eigenvalue weighted by Gasteiger charge is -2.18. The van der Waals surface area contributed by atoms with Crippen LogP contribution in [0.3, 0.4) is 0 Å². The summed E-state index contributed by atoms with van der Waals surface area (Å²) in [6, 6.07) is 14.2. The molecular weight excluding hydrogens is 528 g/mol. The van der Waals surface area contributed by atoms with Gasteiger partial charge in [-0.2, -0.15) is 0 Å². The molecule has 2 aliphatic rings. The Kier molecular flexibility index (Phi) is 8.22. The van der Waals surface area contributed by atoms with Gasteiger partial charge in [-0.25, -0.2) is 4.79 Å². The molecule has 1 atom stereocenters. The topological polar surface area (TPSA) is 94.2 Å². The van der Waals surface area contributed by atoms with Crippen molar-refractivity contribution in [2.75, 3.05) is 31.8 Å². The molecule has 2 aliphatic heterocycles. The summed E-state index contributed by atoms with van der Waals surface area (Å²) >= 11 is 3.39. The number of halogens is 1. The Morgan fingerprint density at radius 2 is 1.89 bits per heavy atom. The number of anilines is 1. The van der Waals surface area contributed by atoms with E-state index in [-0.39, 0.29) is 35.7 Å². The van der Waals surface area contributed by atoms with E-state index in [0.29, 0.717) is 29.2 Å². The molecule has 0 spiro atoms. The van der Waals surface area contributed by atoms with Gasteiger partial charge in [0.25, 0.3) is 11.8 Å². The second kappa shape index (κ2) is 11.5. The van der Waals surface area contributed by atoms with Gasteiger partial charge in [0.05, 0.1) is 24.4 Å². The third kappa shape index (κ3) is 5.85. The van der Waals surface area contributed by atoms with Crippen LogP contribution in [0.4, 0.5) is 5.69 Å². The molecule has 0 radical (unpaired) electrons. The molecule has 2 heterocycles. The summed E-state index contributed by atoms with van der Waals surface area (Å²) < 4.78 is 16.9. The molecule has 2 aromatic rings. The lowest BCUT2D eigenvalue weighted by Crippen LogP contribution is -2.35. The van der Waals surface area contributed by atoms with Gasteiger partial charge >= 0.3 is 5.97 Å². The molecule has 0 saturated carbocycles. The highest BCUT2D eigenvalue weighted by molar-refractivity contribution is 9.10. The van der Waals surface area contributed by atoms with Crippen LogP contribution in [0.1, 0.15) is 25.3 Å². The highest BCUT2D eigenvalue weighted by Gasteiger charge is 2.37. The number of methoxy groups -OCH3 is 1. The Morgan fingerprint density at radius 3 is 2.53 bits per heavy atom. The lowest BCUT2D eigenvalue weighted by atomic mass is 10.0. The van der Waals surface area contributed by atoms with E-state index < -0.39 is 5.97 Å². The molecule has 8 nitrogen and oxygen atoms in total. The van der Waals surface area contributed by atoms with Crippen LogP contribution in [-0.4, -0.2) is 50.8 Å². The molecule has 1 N–H and O–H groups in total. The molecule has 188 valence electrons. The van der Waals surface area contributed by atoms with Gasteiger partial charge in [0.1, 0.15) is 5.75 Å². The van der Waals surface area contributed by atoms with Crippen molar-refractivity contribution in [3.05, 3.63) is 75.4 Å². The van der Waals surface area contributed by atoms with E-state index in [1.54, 1.807) is 49.4 Å². The summed E-state index contributed by atoms with van der Waals surface area (Å²) in [6.07, 6.45) is 3.69. The zero-order valence-corrected chi connectivity index (χ0v) is 21.7. The largest absolute Gasteiger partial charge is 0.484 e.